The van der Waals surface area contributed by atoms with Crippen molar-refractivity contribution in [1.29, 1.82) is 0 Å². The van der Waals surface area contributed by atoms with Gasteiger partial charge in [0.15, 0.2) is 5.96 Å². The van der Waals surface area contributed by atoms with Crippen molar-refractivity contribution in [2.45, 2.75) is 25.7 Å². The van der Waals surface area contributed by atoms with Crippen LogP contribution in [0.5, 0.6) is 0 Å². The number of nitrogens with one attached hydrogen (secondary N) is 2. The monoisotopic (exact) mass is 405 g/mol. The van der Waals surface area contributed by atoms with Gasteiger partial charge in [-0.2, -0.15) is 0 Å². The van der Waals surface area contributed by atoms with Crippen LogP contribution in [0.4, 0.5) is 0 Å². The van der Waals surface area contributed by atoms with E-state index in [1.54, 1.807) is 7.05 Å². The Kier molecular flexibility index (Phi) is 7.98. The highest BCUT2D eigenvalue weighted by Gasteiger charge is 2.30. The quantitative estimate of drug-likeness (QED) is 0.538. The highest BCUT2D eigenvalue weighted by atomic mass is 35.5. The number of carbonyl (C=O) groups excluding carboxylic acids is 1. The van der Waals surface area contributed by atoms with E-state index >= 15 is 0 Å². The second-order valence-corrected chi connectivity index (χ2v) is 8.03. The zero-order valence-corrected chi connectivity index (χ0v) is 17.5. The molecule has 1 saturated heterocycles. The highest BCUT2D eigenvalue weighted by molar-refractivity contribution is 6.30. The van der Waals surface area contributed by atoms with E-state index in [4.69, 9.17) is 11.6 Å². The van der Waals surface area contributed by atoms with Gasteiger partial charge in [0, 0.05) is 63.8 Å². The molecule has 1 aromatic carbocycles. The summed E-state index contributed by atoms with van der Waals surface area (Å²) in [6.45, 7) is 6.28. The number of hydrogen-bond acceptors (Lipinski definition) is 3. The van der Waals surface area contributed by atoms with Gasteiger partial charge in [0.2, 0.25) is 5.91 Å². The van der Waals surface area contributed by atoms with Crippen LogP contribution in [0.2, 0.25) is 5.02 Å². The van der Waals surface area contributed by atoms with Gasteiger partial charge in [0.1, 0.15) is 0 Å². The van der Waals surface area contributed by atoms with Gasteiger partial charge in [-0.05, 0) is 37.0 Å². The third-order valence-corrected chi connectivity index (χ3v) is 5.95. The first-order valence-electron chi connectivity index (χ1n) is 10.4. The number of benzene rings is 1. The lowest BCUT2D eigenvalue weighted by atomic mass is 9.84. The number of amides is 1. The molecule has 6 nitrogen and oxygen atoms in total. The average Bonchev–Trinajstić information content (AvgIpc) is 2.67. The first kappa shape index (κ1) is 20.9. The van der Waals surface area contributed by atoms with Crippen molar-refractivity contribution in [2.24, 2.45) is 10.9 Å². The summed E-state index contributed by atoms with van der Waals surface area (Å²) >= 11 is 5.92. The lowest BCUT2D eigenvalue weighted by molar-refractivity contribution is -0.139. The molecule has 0 bridgehead atoms. The molecule has 0 aromatic heterocycles. The Morgan fingerprint density at radius 3 is 2.39 bits per heavy atom. The van der Waals surface area contributed by atoms with E-state index in [0.717, 1.165) is 76.1 Å². The molecular formula is C21H32ClN5O. The normalized spacial score (nSPS) is 18.6. The first-order valence-corrected chi connectivity index (χ1v) is 10.7. The summed E-state index contributed by atoms with van der Waals surface area (Å²) in [5.41, 5.74) is 1.25. The van der Waals surface area contributed by atoms with Crippen LogP contribution in [0.15, 0.2) is 29.3 Å². The van der Waals surface area contributed by atoms with Crippen molar-refractivity contribution in [2.75, 3.05) is 52.9 Å². The molecule has 1 amide bonds. The predicted molar refractivity (Wildman–Crippen MR) is 115 cm³/mol. The molecule has 1 aromatic rings. The first-order chi connectivity index (χ1) is 13.7. The number of guanidine groups is 1. The maximum atomic E-state index is 12.3. The Morgan fingerprint density at radius 2 is 1.79 bits per heavy atom. The maximum Gasteiger partial charge on any atom is 0.225 e. The second-order valence-electron chi connectivity index (χ2n) is 7.60. The van der Waals surface area contributed by atoms with Crippen molar-refractivity contribution in [3.63, 3.8) is 0 Å². The molecule has 154 valence electrons. The fraction of sp³-hybridized carbons (Fsp3) is 0.619. The largest absolute Gasteiger partial charge is 0.356 e. The summed E-state index contributed by atoms with van der Waals surface area (Å²) in [6, 6.07) is 7.94. The summed E-state index contributed by atoms with van der Waals surface area (Å²) < 4.78 is 0. The number of carbonyl (C=O) groups is 1. The molecule has 1 heterocycles. The van der Waals surface area contributed by atoms with Gasteiger partial charge in [-0.1, -0.05) is 30.2 Å². The topological polar surface area (TPSA) is 60.0 Å². The van der Waals surface area contributed by atoms with E-state index in [9.17, 15) is 4.79 Å². The number of aliphatic imine (C=N–C) groups is 1. The van der Waals surface area contributed by atoms with Crippen LogP contribution >= 0.6 is 11.6 Å². The van der Waals surface area contributed by atoms with E-state index in [1.807, 2.05) is 12.1 Å². The summed E-state index contributed by atoms with van der Waals surface area (Å²) in [6.07, 6.45) is 4.33. The molecule has 2 fully saturated rings. The Morgan fingerprint density at radius 1 is 1.11 bits per heavy atom. The van der Waals surface area contributed by atoms with Crippen molar-refractivity contribution in [3.05, 3.63) is 34.9 Å². The van der Waals surface area contributed by atoms with Crippen molar-refractivity contribution in [1.82, 2.24) is 20.4 Å². The van der Waals surface area contributed by atoms with Gasteiger partial charge in [-0.25, -0.2) is 0 Å². The molecule has 0 atom stereocenters. The summed E-state index contributed by atoms with van der Waals surface area (Å²) in [4.78, 5) is 21.1. The molecular weight excluding hydrogens is 374 g/mol. The lowest BCUT2D eigenvalue weighted by Crippen LogP contribution is -2.52. The highest BCUT2D eigenvalue weighted by Crippen LogP contribution is 2.28. The van der Waals surface area contributed by atoms with Crippen molar-refractivity contribution in [3.8, 4) is 0 Å². The third-order valence-electron chi connectivity index (χ3n) is 5.70. The number of rotatable bonds is 7. The number of hydrogen-bond donors (Lipinski definition) is 2. The molecule has 2 aliphatic rings. The van der Waals surface area contributed by atoms with Gasteiger partial charge < -0.3 is 15.5 Å². The van der Waals surface area contributed by atoms with Crippen LogP contribution in [-0.2, 0) is 11.2 Å². The van der Waals surface area contributed by atoms with Gasteiger partial charge in [-0.3, -0.25) is 14.7 Å². The molecule has 0 spiro atoms. The molecule has 28 heavy (non-hydrogen) atoms. The zero-order chi connectivity index (χ0) is 19.8. The van der Waals surface area contributed by atoms with Crippen molar-refractivity contribution < 1.29 is 4.79 Å². The number of piperazine rings is 1. The molecule has 2 N–H and O–H groups in total. The van der Waals surface area contributed by atoms with E-state index in [1.165, 1.54) is 12.0 Å². The minimum absolute atomic E-state index is 0.315. The van der Waals surface area contributed by atoms with E-state index in [0.29, 0.717) is 11.8 Å². The van der Waals surface area contributed by atoms with Gasteiger partial charge in [-0.15, -0.1) is 0 Å². The van der Waals surface area contributed by atoms with Crippen LogP contribution < -0.4 is 10.6 Å². The number of nitrogens with zero attached hydrogens (tertiary/aromatic N) is 3. The molecule has 1 aliphatic heterocycles. The molecule has 7 heteroatoms. The van der Waals surface area contributed by atoms with E-state index in [-0.39, 0.29) is 0 Å². The predicted octanol–water partition coefficient (Wildman–Crippen LogP) is 1.99. The Labute approximate surface area is 173 Å². The smallest absolute Gasteiger partial charge is 0.225 e. The summed E-state index contributed by atoms with van der Waals surface area (Å²) in [7, 11) is 1.79. The summed E-state index contributed by atoms with van der Waals surface area (Å²) in [5.74, 6) is 1.53. The van der Waals surface area contributed by atoms with Crippen LogP contribution in [0.3, 0.4) is 0 Å². The average molecular weight is 406 g/mol. The summed E-state index contributed by atoms with van der Waals surface area (Å²) in [5, 5.41) is 7.50. The van der Waals surface area contributed by atoms with Crippen LogP contribution in [0.25, 0.3) is 0 Å². The SMILES string of the molecule is CN=C(NCCc1ccc(Cl)cc1)NCCN1CCN(C(=O)C2CCC2)CC1. The van der Waals surface area contributed by atoms with E-state index in [2.05, 4.69) is 37.6 Å². The minimum atomic E-state index is 0.315. The number of halogens is 1. The second kappa shape index (κ2) is 10.7. The molecule has 3 rings (SSSR count). The Balaban J connectivity index is 1.28. The lowest BCUT2D eigenvalue weighted by Gasteiger charge is -2.38. The van der Waals surface area contributed by atoms with Gasteiger partial charge in [0.25, 0.3) is 0 Å². The molecule has 0 unspecified atom stereocenters. The van der Waals surface area contributed by atoms with Crippen LogP contribution in [0, 0.1) is 5.92 Å². The van der Waals surface area contributed by atoms with Crippen LogP contribution in [0.1, 0.15) is 24.8 Å². The van der Waals surface area contributed by atoms with Gasteiger partial charge >= 0.3 is 0 Å². The van der Waals surface area contributed by atoms with E-state index < -0.39 is 0 Å². The maximum absolute atomic E-state index is 12.3. The van der Waals surface area contributed by atoms with Crippen molar-refractivity contribution >= 4 is 23.5 Å². The molecule has 1 saturated carbocycles. The van der Waals surface area contributed by atoms with Crippen LogP contribution in [-0.4, -0.2) is 74.5 Å². The molecule has 1 aliphatic carbocycles. The fourth-order valence-electron chi connectivity index (χ4n) is 3.63. The fourth-order valence-corrected chi connectivity index (χ4v) is 3.76. The third kappa shape index (κ3) is 6.11. The minimum Gasteiger partial charge on any atom is -0.356 e. The standard InChI is InChI=1S/C21H32ClN5O/c1-23-21(24-10-9-17-5-7-19(22)8-6-17)25-11-12-26-13-15-27(16-14-26)20(28)18-3-2-4-18/h5-8,18H,2-4,9-16H2,1H3,(H2,23,24,25). The Bertz CT molecular complexity index is 651. The zero-order valence-electron chi connectivity index (χ0n) is 16.8. The molecule has 0 radical (unpaired) electrons. The van der Waals surface area contributed by atoms with Gasteiger partial charge in [0.05, 0.1) is 0 Å². The Hall–Kier alpha value is -1.79.